The molecule has 0 saturated heterocycles. The maximum atomic E-state index is 14.8. The van der Waals surface area contributed by atoms with E-state index in [0.29, 0.717) is 5.56 Å². The number of ether oxygens (including phenoxy) is 2. The Morgan fingerprint density at radius 3 is 2.81 bits per heavy atom. The summed E-state index contributed by atoms with van der Waals surface area (Å²) in [6, 6.07) is 5.10. The van der Waals surface area contributed by atoms with E-state index in [9.17, 15) is 9.18 Å². The highest BCUT2D eigenvalue weighted by Gasteiger charge is 2.30. The molecule has 0 spiro atoms. The summed E-state index contributed by atoms with van der Waals surface area (Å²) < 4.78 is 25.7. The molecule has 0 N–H and O–H groups in total. The van der Waals surface area contributed by atoms with Crippen LogP contribution in [0.4, 0.5) is 4.39 Å². The summed E-state index contributed by atoms with van der Waals surface area (Å²) in [7, 11) is 0. The molecule has 136 valence electrons. The van der Waals surface area contributed by atoms with E-state index in [-0.39, 0.29) is 35.5 Å². The molecular weight excluding hydrogens is 335 g/mol. The van der Waals surface area contributed by atoms with Crippen molar-refractivity contribution < 1.29 is 18.7 Å². The molecule has 0 bridgehead atoms. The van der Waals surface area contributed by atoms with Gasteiger partial charge in [-0.1, -0.05) is 12.1 Å². The average Bonchev–Trinajstić information content (AvgIpc) is 3.48. The Morgan fingerprint density at radius 1 is 1.23 bits per heavy atom. The molecule has 0 aliphatic heterocycles. The standard InChI is InChI=1S/C20H21FN2O3/c1-2-25-20(24)17-14-6-3-4-8-15(14)22-23-19(17)26-16-9-5-7-13(18(16)21)12-10-11-12/h5,7,9,12H,2-4,6,8,10-11H2,1H3. The summed E-state index contributed by atoms with van der Waals surface area (Å²) in [5.41, 5.74) is 2.57. The van der Waals surface area contributed by atoms with Crippen LogP contribution in [0.3, 0.4) is 0 Å². The van der Waals surface area contributed by atoms with E-state index in [4.69, 9.17) is 9.47 Å². The smallest absolute Gasteiger partial charge is 0.344 e. The third-order valence-electron chi connectivity index (χ3n) is 4.91. The monoisotopic (exact) mass is 356 g/mol. The van der Waals surface area contributed by atoms with E-state index in [1.54, 1.807) is 25.1 Å². The Hall–Kier alpha value is -2.50. The van der Waals surface area contributed by atoms with Crippen molar-refractivity contribution in [3.8, 4) is 11.6 Å². The Bertz CT molecular complexity index is 849. The van der Waals surface area contributed by atoms with Crippen molar-refractivity contribution in [2.24, 2.45) is 0 Å². The van der Waals surface area contributed by atoms with Gasteiger partial charge in [0.2, 0.25) is 0 Å². The van der Waals surface area contributed by atoms with Crippen molar-refractivity contribution in [2.75, 3.05) is 6.61 Å². The molecule has 4 rings (SSSR count). The predicted octanol–water partition coefficient (Wildman–Crippen LogP) is 4.34. The fourth-order valence-electron chi connectivity index (χ4n) is 3.46. The summed E-state index contributed by atoms with van der Waals surface area (Å²) in [6.07, 6.45) is 5.47. The zero-order chi connectivity index (χ0) is 18.1. The lowest BCUT2D eigenvalue weighted by atomic mass is 9.93. The first-order chi connectivity index (χ1) is 12.7. The number of aromatic nitrogens is 2. The second kappa shape index (κ2) is 7.02. The topological polar surface area (TPSA) is 61.3 Å². The molecule has 2 aliphatic carbocycles. The molecular formula is C20H21FN2O3. The van der Waals surface area contributed by atoms with Gasteiger partial charge in [0.1, 0.15) is 5.56 Å². The third kappa shape index (κ3) is 3.16. The molecule has 0 amide bonds. The normalized spacial score (nSPS) is 16.1. The van der Waals surface area contributed by atoms with Gasteiger partial charge in [-0.05, 0) is 68.6 Å². The maximum absolute atomic E-state index is 14.8. The van der Waals surface area contributed by atoms with Gasteiger partial charge in [0.05, 0.1) is 12.3 Å². The highest BCUT2D eigenvalue weighted by Crippen LogP contribution is 2.43. The summed E-state index contributed by atoms with van der Waals surface area (Å²) in [5.74, 6) is -0.516. The van der Waals surface area contributed by atoms with Gasteiger partial charge in [-0.25, -0.2) is 9.18 Å². The van der Waals surface area contributed by atoms with Gasteiger partial charge in [-0.2, -0.15) is 5.10 Å². The molecule has 1 fully saturated rings. The Labute approximate surface area is 151 Å². The zero-order valence-corrected chi connectivity index (χ0v) is 14.8. The minimum atomic E-state index is -0.491. The number of hydrogen-bond acceptors (Lipinski definition) is 5. The number of benzene rings is 1. The van der Waals surface area contributed by atoms with Crippen LogP contribution in [0.25, 0.3) is 0 Å². The van der Waals surface area contributed by atoms with E-state index in [1.807, 2.05) is 0 Å². The van der Waals surface area contributed by atoms with Crippen LogP contribution >= 0.6 is 0 Å². The van der Waals surface area contributed by atoms with Gasteiger partial charge in [0, 0.05) is 0 Å². The van der Waals surface area contributed by atoms with Crippen molar-refractivity contribution in [3.05, 3.63) is 46.4 Å². The molecule has 1 heterocycles. The summed E-state index contributed by atoms with van der Waals surface area (Å²) in [6.45, 7) is 2.00. The number of hydrogen-bond donors (Lipinski definition) is 0. The van der Waals surface area contributed by atoms with E-state index < -0.39 is 5.97 Å². The first kappa shape index (κ1) is 16.9. The van der Waals surface area contributed by atoms with Crippen molar-refractivity contribution in [3.63, 3.8) is 0 Å². The Balaban J connectivity index is 1.74. The summed E-state index contributed by atoms with van der Waals surface area (Å²) in [4.78, 5) is 12.5. The molecule has 1 saturated carbocycles. The van der Waals surface area contributed by atoms with Crippen LogP contribution < -0.4 is 4.74 Å². The molecule has 1 aromatic carbocycles. The molecule has 5 nitrogen and oxygen atoms in total. The van der Waals surface area contributed by atoms with Crippen LogP contribution in [-0.2, 0) is 17.6 Å². The zero-order valence-electron chi connectivity index (χ0n) is 14.8. The number of halogens is 1. The fraction of sp³-hybridized carbons (Fsp3) is 0.450. The van der Waals surface area contributed by atoms with Crippen LogP contribution in [0, 0.1) is 5.82 Å². The van der Waals surface area contributed by atoms with E-state index in [1.165, 1.54) is 0 Å². The van der Waals surface area contributed by atoms with Crippen LogP contribution in [0.15, 0.2) is 18.2 Å². The first-order valence-electron chi connectivity index (χ1n) is 9.20. The van der Waals surface area contributed by atoms with Crippen molar-refractivity contribution >= 4 is 5.97 Å². The Morgan fingerprint density at radius 2 is 2.04 bits per heavy atom. The van der Waals surface area contributed by atoms with Crippen LogP contribution in [0.1, 0.15) is 65.7 Å². The molecule has 2 aromatic rings. The predicted molar refractivity (Wildman–Crippen MR) is 93.1 cm³/mol. The molecule has 0 radical (unpaired) electrons. The number of carbonyl (C=O) groups is 1. The average molecular weight is 356 g/mol. The highest BCUT2D eigenvalue weighted by molar-refractivity contribution is 5.94. The minimum absolute atomic E-state index is 0.0240. The number of carbonyl (C=O) groups excluding carboxylic acids is 1. The molecule has 0 atom stereocenters. The molecule has 1 aromatic heterocycles. The summed E-state index contributed by atoms with van der Waals surface area (Å²) in [5, 5.41) is 8.30. The van der Waals surface area contributed by atoms with Crippen LogP contribution in [0.5, 0.6) is 11.6 Å². The van der Waals surface area contributed by atoms with Crippen LogP contribution in [-0.4, -0.2) is 22.8 Å². The van der Waals surface area contributed by atoms with Gasteiger partial charge >= 0.3 is 5.97 Å². The minimum Gasteiger partial charge on any atom is -0.462 e. The highest BCUT2D eigenvalue weighted by atomic mass is 19.1. The largest absolute Gasteiger partial charge is 0.462 e. The maximum Gasteiger partial charge on any atom is 0.344 e. The molecule has 0 unspecified atom stereocenters. The van der Waals surface area contributed by atoms with Gasteiger partial charge in [-0.15, -0.1) is 5.10 Å². The molecule has 6 heteroatoms. The SMILES string of the molecule is CCOC(=O)c1c(Oc2cccc(C3CC3)c2F)nnc2c1CCCC2. The number of fused-ring (bicyclic) bond motifs is 1. The third-order valence-corrected chi connectivity index (χ3v) is 4.91. The second-order valence-corrected chi connectivity index (χ2v) is 6.77. The lowest BCUT2D eigenvalue weighted by Gasteiger charge is -2.19. The van der Waals surface area contributed by atoms with Crippen molar-refractivity contribution in [1.29, 1.82) is 0 Å². The van der Waals surface area contributed by atoms with E-state index >= 15 is 0 Å². The number of aryl methyl sites for hydroxylation is 1. The first-order valence-corrected chi connectivity index (χ1v) is 9.20. The van der Waals surface area contributed by atoms with Crippen LogP contribution in [0.2, 0.25) is 0 Å². The van der Waals surface area contributed by atoms with Crippen molar-refractivity contribution in [1.82, 2.24) is 10.2 Å². The van der Waals surface area contributed by atoms with Gasteiger partial charge in [0.15, 0.2) is 11.6 Å². The number of nitrogens with zero attached hydrogens (tertiary/aromatic N) is 2. The quantitative estimate of drug-likeness (QED) is 0.746. The Kier molecular flexibility index (Phi) is 4.57. The lowest BCUT2D eigenvalue weighted by Crippen LogP contribution is -2.17. The van der Waals surface area contributed by atoms with Gasteiger partial charge in [-0.3, -0.25) is 0 Å². The fourth-order valence-corrected chi connectivity index (χ4v) is 3.46. The number of esters is 1. The van der Waals surface area contributed by atoms with Gasteiger partial charge < -0.3 is 9.47 Å². The molecule has 2 aliphatic rings. The summed E-state index contributed by atoms with van der Waals surface area (Å²) >= 11 is 0. The molecule has 26 heavy (non-hydrogen) atoms. The second-order valence-electron chi connectivity index (χ2n) is 6.77. The lowest BCUT2D eigenvalue weighted by molar-refractivity contribution is 0.0520. The van der Waals surface area contributed by atoms with E-state index in [0.717, 1.165) is 49.8 Å². The number of rotatable bonds is 5. The van der Waals surface area contributed by atoms with Crippen molar-refractivity contribution in [2.45, 2.75) is 51.4 Å². The van der Waals surface area contributed by atoms with E-state index in [2.05, 4.69) is 10.2 Å². The van der Waals surface area contributed by atoms with Gasteiger partial charge in [0.25, 0.3) is 5.88 Å².